The third-order valence-corrected chi connectivity index (χ3v) is 4.28. The summed E-state index contributed by atoms with van der Waals surface area (Å²) in [7, 11) is 0. The molecule has 1 amide bonds. The summed E-state index contributed by atoms with van der Waals surface area (Å²) in [5.74, 6) is 1.06. The molecule has 2 rings (SSSR count). The zero-order chi connectivity index (χ0) is 17.4. The van der Waals surface area contributed by atoms with Crippen LogP contribution in [0.4, 0.5) is 0 Å². The third-order valence-electron chi connectivity index (χ3n) is 4.28. The van der Waals surface area contributed by atoms with Crippen LogP contribution in [0.2, 0.25) is 0 Å². The highest BCUT2D eigenvalue weighted by atomic mass is 16.1. The molecule has 0 saturated carbocycles. The van der Waals surface area contributed by atoms with Crippen molar-refractivity contribution in [3.63, 3.8) is 0 Å². The molecule has 1 fully saturated rings. The number of aromatic nitrogens is 1. The Morgan fingerprint density at radius 3 is 3.00 bits per heavy atom. The molecule has 1 aliphatic heterocycles. The number of amides is 1. The Morgan fingerprint density at radius 2 is 2.33 bits per heavy atom. The molecule has 2 heterocycles. The Hall–Kier alpha value is -2.11. The zero-order valence-electron chi connectivity index (χ0n) is 14.8. The number of hydrogen-bond donors (Lipinski definition) is 2. The number of piperidine rings is 1. The van der Waals surface area contributed by atoms with E-state index in [1.54, 1.807) is 0 Å². The lowest BCUT2D eigenvalue weighted by atomic mass is 9.95. The summed E-state index contributed by atoms with van der Waals surface area (Å²) in [6.45, 7) is 7.45. The molecular formula is C18H29N5O. The zero-order valence-corrected chi connectivity index (χ0v) is 14.8. The van der Waals surface area contributed by atoms with Crippen LogP contribution >= 0.6 is 0 Å². The first-order chi connectivity index (χ1) is 11.6. The summed E-state index contributed by atoms with van der Waals surface area (Å²) >= 11 is 0. The van der Waals surface area contributed by atoms with Crippen molar-refractivity contribution in [1.82, 2.24) is 15.2 Å². The fourth-order valence-electron chi connectivity index (χ4n) is 3.07. The van der Waals surface area contributed by atoms with Crippen LogP contribution in [0.5, 0.6) is 0 Å². The molecule has 3 N–H and O–H groups in total. The number of guanidine groups is 1. The molecule has 0 aliphatic carbocycles. The van der Waals surface area contributed by atoms with Crippen LogP contribution in [-0.2, 0) is 11.2 Å². The molecule has 1 aromatic rings. The van der Waals surface area contributed by atoms with E-state index < -0.39 is 0 Å². The lowest BCUT2D eigenvalue weighted by Crippen LogP contribution is -2.47. The normalized spacial score (nSPS) is 18.5. The van der Waals surface area contributed by atoms with Gasteiger partial charge in [-0.2, -0.15) is 0 Å². The van der Waals surface area contributed by atoms with Gasteiger partial charge in [-0.3, -0.25) is 14.8 Å². The van der Waals surface area contributed by atoms with Gasteiger partial charge in [-0.1, -0.05) is 6.07 Å². The Morgan fingerprint density at radius 1 is 1.50 bits per heavy atom. The smallest absolute Gasteiger partial charge is 0.217 e. The lowest BCUT2D eigenvalue weighted by molar-refractivity contribution is -0.119. The minimum absolute atomic E-state index is 0.212. The maximum atomic E-state index is 11.2. The van der Waals surface area contributed by atoms with Gasteiger partial charge >= 0.3 is 0 Å². The van der Waals surface area contributed by atoms with Crippen molar-refractivity contribution in [1.29, 1.82) is 0 Å². The molecule has 132 valence electrons. The monoisotopic (exact) mass is 331 g/mol. The van der Waals surface area contributed by atoms with Crippen molar-refractivity contribution in [2.45, 2.75) is 39.5 Å². The summed E-state index contributed by atoms with van der Waals surface area (Å²) in [4.78, 5) is 22.5. The Labute approximate surface area is 144 Å². The number of nitrogens with two attached hydrogens (primary N) is 1. The molecule has 24 heavy (non-hydrogen) atoms. The highest BCUT2D eigenvalue weighted by molar-refractivity contribution is 5.80. The second-order valence-electron chi connectivity index (χ2n) is 6.42. The summed E-state index contributed by atoms with van der Waals surface area (Å²) in [6, 6.07) is 4.14. The van der Waals surface area contributed by atoms with Gasteiger partial charge in [-0.25, -0.2) is 0 Å². The molecule has 1 aliphatic rings. The molecule has 1 aromatic heterocycles. The highest BCUT2D eigenvalue weighted by Gasteiger charge is 2.23. The number of pyridine rings is 1. The van der Waals surface area contributed by atoms with Crippen molar-refractivity contribution >= 4 is 11.9 Å². The summed E-state index contributed by atoms with van der Waals surface area (Å²) in [5.41, 5.74) is 7.58. The minimum atomic E-state index is -0.212. The molecule has 0 radical (unpaired) electrons. The fourth-order valence-corrected chi connectivity index (χ4v) is 3.07. The SMILES string of the molecule is CCNC(=NCCc1ccc(C)nc1)N1CCCC(CC(N)=O)C1. The predicted octanol–water partition coefficient (Wildman–Crippen LogP) is 1.49. The summed E-state index contributed by atoms with van der Waals surface area (Å²) in [6.07, 6.45) is 5.39. The van der Waals surface area contributed by atoms with Crippen LogP contribution in [0.1, 0.15) is 37.4 Å². The number of nitrogens with zero attached hydrogens (tertiary/aromatic N) is 3. The molecule has 6 nitrogen and oxygen atoms in total. The highest BCUT2D eigenvalue weighted by Crippen LogP contribution is 2.19. The largest absolute Gasteiger partial charge is 0.370 e. The van der Waals surface area contributed by atoms with Gasteiger partial charge in [0.1, 0.15) is 0 Å². The molecular weight excluding hydrogens is 302 g/mol. The van der Waals surface area contributed by atoms with E-state index in [1.165, 1.54) is 5.56 Å². The van der Waals surface area contributed by atoms with Gasteiger partial charge in [0.25, 0.3) is 0 Å². The lowest BCUT2D eigenvalue weighted by Gasteiger charge is -2.34. The van der Waals surface area contributed by atoms with E-state index >= 15 is 0 Å². The van der Waals surface area contributed by atoms with E-state index in [9.17, 15) is 4.79 Å². The third kappa shape index (κ3) is 5.83. The number of primary amides is 1. The van der Waals surface area contributed by atoms with E-state index in [4.69, 9.17) is 10.7 Å². The molecule has 1 unspecified atom stereocenters. The predicted molar refractivity (Wildman–Crippen MR) is 96.8 cm³/mol. The fraction of sp³-hybridized carbons (Fsp3) is 0.611. The number of likely N-dealkylation sites (tertiary alicyclic amines) is 1. The second kappa shape index (κ2) is 9.25. The van der Waals surface area contributed by atoms with Crippen LogP contribution in [0, 0.1) is 12.8 Å². The standard InChI is InChI=1S/C18H29N5O/c1-3-20-18(21-9-8-15-7-6-14(2)22-12-15)23-10-4-5-16(13-23)11-17(19)24/h6-7,12,16H,3-5,8-11,13H2,1-2H3,(H2,19,24)(H,20,21). The van der Waals surface area contributed by atoms with Gasteiger partial charge in [0.2, 0.25) is 5.91 Å². The Balaban J connectivity index is 1.93. The van der Waals surface area contributed by atoms with E-state index in [-0.39, 0.29) is 5.91 Å². The quantitative estimate of drug-likeness (QED) is 0.611. The van der Waals surface area contributed by atoms with Gasteiger partial charge in [-0.05, 0) is 50.7 Å². The van der Waals surface area contributed by atoms with Crippen LogP contribution in [0.25, 0.3) is 0 Å². The minimum Gasteiger partial charge on any atom is -0.370 e. The topological polar surface area (TPSA) is 83.6 Å². The first kappa shape index (κ1) is 18.2. The Bertz CT molecular complexity index is 555. The first-order valence-electron chi connectivity index (χ1n) is 8.81. The number of aryl methyl sites for hydroxylation is 1. The average Bonchev–Trinajstić information content (AvgIpc) is 2.55. The number of carbonyl (C=O) groups is 1. The molecule has 0 bridgehead atoms. The van der Waals surface area contributed by atoms with Crippen molar-refractivity contribution in [3.05, 3.63) is 29.6 Å². The molecule has 0 aromatic carbocycles. The summed E-state index contributed by atoms with van der Waals surface area (Å²) < 4.78 is 0. The van der Waals surface area contributed by atoms with Crippen molar-refractivity contribution in [2.75, 3.05) is 26.2 Å². The molecule has 1 atom stereocenters. The van der Waals surface area contributed by atoms with Crippen molar-refractivity contribution < 1.29 is 4.79 Å². The molecule has 0 spiro atoms. The van der Waals surface area contributed by atoms with Crippen LogP contribution in [0.3, 0.4) is 0 Å². The average molecular weight is 331 g/mol. The van der Waals surface area contributed by atoms with Gasteiger partial charge in [-0.15, -0.1) is 0 Å². The van der Waals surface area contributed by atoms with Crippen LogP contribution in [-0.4, -0.2) is 47.9 Å². The van der Waals surface area contributed by atoms with E-state index in [0.29, 0.717) is 12.3 Å². The van der Waals surface area contributed by atoms with E-state index in [1.807, 2.05) is 19.2 Å². The number of carbonyl (C=O) groups excluding carboxylic acids is 1. The van der Waals surface area contributed by atoms with Crippen LogP contribution in [0.15, 0.2) is 23.3 Å². The summed E-state index contributed by atoms with van der Waals surface area (Å²) in [5, 5.41) is 3.37. The number of aliphatic imine (C=N–C) groups is 1. The van der Waals surface area contributed by atoms with Gasteiger partial charge < -0.3 is 16.0 Å². The second-order valence-corrected chi connectivity index (χ2v) is 6.42. The number of nitrogens with one attached hydrogen (secondary N) is 1. The first-order valence-corrected chi connectivity index (χ1v) is 8.81. The Kier molecular flexibility index (Phi) is 7.03. The van der Waals surface area contributed by atoms with Gasteiger partial charge in [0.05, 0.1) is 0 Å². The maximum absolute atomic E-state index is 11.2. The molecule has 1 saturated heterocycles. The van der Waals surface area contributed by atoms with Gasteiger partial charge in [0, 0.05) is 44.5 Å². The van der Waals surface area contributed by atoms with Gasteiger partial charge in [0.15, 0.2) is 5.96 Å². The number of hydrogen-bond acceptors (Lipinski definition) is 3. The van der Waals surface area contributed by atoms with E-state index in [2.05, 4.69) is 28.2 Å². The number of rotatable bonds is 6. The maximum Gasteiger partial charge on any atom is 0.217 e. The van der Waals surface area contributed by atoms with Crippen molar-refractivity contribution in [2.24, 2.45) is 16.6 Å². The molecule has 6 heteroatoms. The van der Waals surface area contributed by atoms with E-state index in [0.717, 1.165) is 57.1 Å². The van der Waals surface area contributed by atoms with Crippen molar-refractivity contribution in [3.8, 4) is 0 Å². The van der Waals surface area contributed by atoms with Crippen LogP contribution < -0.4 is 11.1 Å².